The van der Waals surface area contributed by atoms with Crippen molar-refractivity contribution in [2.24, 2.45) is 5.73 Å². The minimum Gasteiger partial charge on any atom is -0.477 e. The molecule has 10 nitrogen and oxygen atoms in total. The lowest BCUT2D eigenvalue weighted by Gasteiger charge is -2.30. The quantitative estimate of drug-likeness (QED) is 0.554. The topological polar surface area (TPSA) is 142 Å². The van der Waals surface area contributed by atoms with Crippen molar-refractivity contribution in [2.75, 3.05) is 30.5 Å². The Labute approximate surface area is 181 Å². The van der Waals surface area contributed by atoms with Crippen LogP contribution in [-0.2, 0) is 19.9 Å². The van der Waals surface area contributed by atoms with Gasteiger partial charge in [0.2, 0.25) is 10.0 Å². The molecule has 0 saturated carbocycles. The predicted molar refractivity (Wildman–Crippen MR) is 108 cm³/mol. The fourth-order valence-corrected chi connectivity index (χ4v) is 4.93. The Hall–Kier alpha value is -2.10. The number of sulfonamides is 1. The number of aryl methyl sites for hydroxylation is 1. The van der Waals surface area contributed by atoms with Gasteiger partial charge in [0.05, 0.1) is 36.8 Å². The first-order valence-corrected chi connectivity index (χ1v) is 12.1. The molecule has 2 rings (SSSR count). The van der Waals surface area contributed by atoms with Crippen LogP contribution < -0.4 is 19.5 Å². The van der Waals surface area contributed by atoms with Crippen molar-refractivity contribution in [1.82, 2.24) is 9.97 Å². The number of alkyl halides is 3. The van der Waals surface area contributed by atoms with Crippen molar-refractivity contribution in [3.63, 3.8) is 0 Å². The van der Waals surface area contributed by atoms with Crippen LogP contribution in [0.1, 0.15) is 5.56 Å². The number of sulfone groups is 1. The third kappa shape index (κ3) is 4.88. The van der Waals surface area contributed by atoms with E-state index in [1.807, 2.05) is 0 Å². The van der Waals surface area contributed by atoms with Crippen molar-refractivity contribution in [3.05, 3.63) is 16.7 Å². The van der Waals surface area contributed by atoms with Gasteiger partial charge in [-0.1, -0.05) is 11.6 Å². The third-order valence-electron chi connectivity index (χ3n) is 4.00. The lowest BCUT2D eigenvalue weighted by Crippen LogP contribution is -2.51. The molecule has 1 aromatic heterocycles. The molecule has 0 aliphatic carbocycles. The monoisotopic (exact) mass is 506 g/mol. The molecular formula is C15H18ClF3N4O6S2. The Morgan fingerprint density at radius 2 is 1.68 bits per heavy atom. The summed E-state index contributed by atoms with van der Waals surface area (Å²) >= 11 is 6.27. The second-order valence-corrected chi connectivity index (χ2v) is 10.6. The van der Waals surface area contributed by atoms with Crippen LogP contribution in [0.5, 0.6) is 11.8 Å². The Bertz CT molecular complexity index is 1220. The van der Waals surface area contributed by atoms with Crippen LogP contribution in [0.3, 0.4) is 0 Å². The lowest BCUT2D eigenvalue weighted by atomic mass is 10.1. The zero-order chi connectivity index (χ0) is 23.9. The summed E-state index contributed by atoms with van der Waals surface area (Å²) in [5.41, 5.74) is -0.314. The number of rotatable bonds is 7. The molecular weight excluding hydrogens is 489 g/mol. The summed E-state index contributed by atoms with van der Waals surface area (Å²) in [6.45, 7) is 1.47. The molecule has 1 unspecified atom stereocenters. The van der Waals surface area contributed by atoms with Crippen molar-refractivity contribution in [2.45, 2.75) is 18.6 Å². The van der Waals surface area contributed by atoms with Gasteiger partial charge in [0.1, 0.15) is 17.4 Å². The first kappa shape index (κ1) is 25.2. The van der Waals surface area contributed by atoms with E-state index in [4.69, 9.17) is 26.8 Å². The standard InChI is InChI=1S/C15H18ClF3N4O6S2/c1-7-5-8-11(22-14(29-3)13(21-8)28-2)12(10(7)16)23(30(4,24)25)9(20)6-31(26,27)15(17,18)19/h5,9H,6,20H2,1-4H3. The van der Waals surface area contributed by atoms with Gasteiger partial charge in [-0.3, -0.25) is 0 Å². The van der Waals surface area contributed by atoms with Gasteiger partial charge in [-0.25, -0.2) is 31.1 Å². The molecule has 1 atom stereocenters. The van der Waals surface area contributed by atoms with Crippen LogP contribution in [0.2, 0.25) is 5.02 Å². The Morgan fingerprint density at radius 3 is 2.13 bits per heavy atom. The number of nitrogens with zero attached hydrogens (tertiary/aromatic N) is 3. The van der Waals surface area contributed by atoms with Gasteiger partial charge < -0.3 is 15.2 Å². The van der Waals surface area contributed by atoms with E-state index >= 15 is 0 Å². The molecule has 2 N–H and O–H groups in total. The Kier molecular flexibility index (Phi) is 6.85. The number of aromatic nitrogens is 2. The summed E-state index contributed by atoms with van der Waals surface area (Å²) in [6, 6.07) is 1.43. The van der Waals surface area contributed by atoms with E-state index in [2.05, 4.69) is 9.97 Å². The fraction of sp³-hybridized carbons (Fsp3) is 0.467. The van der Waals surface area contributed by atoms with E-state index in [0.29, 0.717) is 6.26 Å². The molecule has 16 heteroatoms. The molecule has 1 aromatic carbocycles. The first-order chi connectivity index (χ1) is 14.0. The summed E-state index contributed by atoms with van der Waals surface area (Å²) in [4.78, 5) is 8.24. The first-order valence-electron chi connectivity index (χ1n) is 8.18. The maximum Gasteiger partial charge on any atom is 0.497 e. The number of halogens is 4. The minimum absolute atomic E-state index is 0.0501. The maximum atomic E-state index is 12.8. The summed E-state index contributed by atoms with van der Waals surface area (Å²) < 4.78 is 97.1. The van der Waals surface area contributed by atoms with Crippen molar-refractivity contribution in [1.29, 1.82) is 0 Å². The van der Waals surface area contributed by atoms with Crippen molar-refractivity contribution < 1.29 is 39.5 Å². The SMILES string of the molecule is COc1nc2cc(C)c(Cl)c(N(C(N)CS(=O)(=O)C(F)(F)F)S(C)(=O)=O)c2nc1OC. The van der Waals surface area contributed by atoms with E-state index in [9.17, 15) is 30.0 Å². The second-order valence-electron chi connectivity index (χ2n) is 6.32. The zero-order valence-corrected chi connectivity index (χ0v) is 18.9. The van der Waals surface area contributed by atoms with Gasteiger partial charge in [-0.2, -0.15) is 13.2 Å². The average Bonchev–Trinajstić information content (AvgIpc) is 2.61. The molecule has 31 heavy (non-hydrogen) atoms. The third-order valence-corrected chi connectivity index (χ3v) is 7.13. The Balaban J connectivity index is 2.86. The van der Waals surface area contributed by atoms with E-state index in [-0.39, 0.29) is 37.7 Å². The van der Waals surface area contributed by atoms with Crippen LogP contribution in [0.4, 0.5) is 18.9 Å². The molecule has 0 fully saturated rings. The highest BCUT2D eigenvalue weighted by Crippen LogP contribution is 2.40. The molecule has 0 saturated heterocycles. The van der Waals surface area contributed by atoms with Gasteiger partial charge in [0, 0.05) is 0 Å². The molecule has 0 bridgehead atoms. The number of benzene rings is 1. The number of ether oxygens (including phenoxy) is 2. The van der Waals surface area contributed by atoms with Gasteiger partial charge >= 0.3 is 5.51 Å². The van der Waals surface area contributed by atoms with Crippen LogP contribution in [0.25, 0.3) is 11.0 Å². The predicted octanol–water partition coefficient (Wildman–Crippen LogP) is 1.59. The number of methoxy groups -OCH3 is 2. The van der Waals surface area contributed by atoms with Crippen LogP contribution >= 0.6 is 11.6 Å². The van der Waals surface area contributed by atoms with Gasteiger partial charge in [-0.05, 0) is 18.6 Å². The minimum atomic E-state index is -5.76. The molecule has 0 aliphatic heterocycles. The fourth-order valence-electron chi connectivity index (χ4n) is 2.68. The smallest absolute Gasteiger partial charge is 0.477 e. The summed E-state index contributed by atoms with van der Waals surface area (Å²) in [5, 5.41) is -0.237. The molecule has 0 radical (unpaired) electrons. The zero-order valence-electron chi connectivity index (χ0n) is 16.6. The highest BCUT2D eigenvalue weighted by Gasteiger charge is 2.48. The van der Waals surface area contributed by atoms with Crippen LogP contribution in [-0.4, -0.2) is 64.7 Å². The summed E-state index contributed by atoms with van der Waals surface area (Å²) in [7, 11) is -7.71. The van der Waals surface area contributed by atoms with Crippen molar-refractivity contribution >= 4 is 48.2 Å². The number of hydrogen-bond donors (Lipinski definition) is 1. The highest BCUT2D eigenvalue weighted by molar-refractivity contribution is 7.93. The molecule has 174 valence electrons. The second kappa shape index (κ2) is 8.44. The van der Waals surface area contributed by atoms with Crippen LogP contribution in [0.15, 0.2) is 6.07 Å². The van der Waals surface area contributed by atoms with Crippen LogP contribution in [0, 0.1) is 6.92 Å². The number of hydrogen-bond acceptors (Lipinski definition) is 9. The number of fused-ring (bicyclic) bond motifs is 1. The van der Waals surface area contributed by atoms with Gasteiger partial charge in [0.25, 0.3) is 21.6 Å². The van der Waals surface area contributed by atoms with Gasteiger partial charge in [-0.15, -0.1) is 0 Å². The van der Waals surface area contributed by atoms with E-state index < -0.39 is 43.0 Å². The Morgan fingerprint density at radius 1 is 1.16 bits per heavy atom. The van der Waals surface area contributed by atoms with Crippen molar-refractivity contribution in [3.8, 4) is 11.8 Å². The van der Waals surface area contributed by atoms with E-state index in [0.717, 1.165) is 0 Å². The molecule has 0 spiro atoms. The molecule has 1 heterocycles. The average molecular weight is 507 g/mol. The van der Waals surface area contributed by atoms with E-state index in [1.165, 1.54) is 27.2 Å². The van der Waals surface area contributed by atoms with E-state index in [1.54, 1.807) is 0 Å². The lowest BCUT2D eigenvalue weighted by molar-refractivity contribution is -0.0436. The number of anilines is 1. The normalized spacial score (nSPS) is 13.8. The summed E-state index contributed by atoms with van der Waals surface area (Å²) in [6.07, 6.45) is -1.55. The highest BCUT2D eigenvalue weighted by atomic mass is 35.5. The van der Waals surface area contributed by atoms with Gasteiger partial charge in [0.15, 0.2) is 0 Å². The maximum absolute atomic E-state index is 12.8. The molecule has 0 aliphatic rings. The summed E-state index contributed by atoms with van der Waals surface area (Å²) in [5.74, 6) is -1.99. The largest absolute Gasteiger partial charge is 0.497 e. The number of nitrogens with two attached hydrogens (primary N) is 1. The molecule has 0 amide bonds. The molecule has 2 aromatic rings.